The molecule has 0 saturated heterocycles. The summed E-state index contributed by atoms with van der Waals surface area (Å²) < 4.78 is 6.30. The smallest absolute Gasteiger partial charge is 0.0558 e. The first kappa shape index (κ1) is 19.7. The quantitative estimate of drug-likeness (QED) is 0.341. The average Bonchev–Trinajstić information content (AvgIpc) is 2.72. The van der Waals surface area contributed by atoms with Gasteiger partial charge in [0.05, 0.1) is 13.2 Å². The lowest BCUT2D eigenvalue weighted by molar-refractivity contribution is 0.0634. The Morgan fingerprint density at radius 3 is 1.31 bits per heavy atom. The molecule has 0 radical (unpaired) electrons. The maximum Gasteiger partial charge on any atom is 0.0558 e. The summed E-state index contributed by atoms with van der Waals surface area (Å²) in [6.07, 6.45) is 0. The monoisotopic (exact) mass is 382 g/mol. The fourth-order valence-electron chi connectivity index (χ4n) is 3.95. The average molecular weight is 383 g/mol. The van der Waals surface area contributed by atoms with Gasteiger partial charge in [-0.05, 0) is 32.7 Å². The van der Waals surface area contributed by atoms with Crippen LogP contribution in [0, 0.1) is 0 Å². The molecule has 0 unspecified atom stereocenters. The number of rotatable bonds is 6. The van der Waals surface area contributed by atoms with Gasteiger partial charge < -0.3 is 4.74 Å². The number of hydrogen-bond acceptors (Lipinski definition) is 1. The van der Waals surface area contributed by atoms with E-state index in [9.17, 15) is 0 Å². The van der Waals surface area contributed by atoms with Crippen molar-refractivity contribution in [1.29, 1.82) is 0 Å². The SMILES string of the molecule is CC(C)(COCC(C)(C)c1ccc2ccccc2c1)c1ccc2ccccc2c1. The van der Waals surface area contributed by atoms with E-state index >= 15 is 0 Å². The maximum absolute atomic E-state index is 6.30. The van der Waals surface area contributed by atoms with Gasteiger partial charge in [0.25, 0.3) is 0 Å². The lowest BCUT2D eigenvalue weighted by Gasteiger charge is -2.30. The second kappa shape index (κ2) is 7.65. The van der Waals surface area contributed by atoms with Crippen molar-refractivity contribution < 1.29 is 4.74 Å². The zero-order valence-corrected chi connectivity index (χ0v) is 17.9. The highest BCUT2D eigenvalue weighted by atomic mass is 16.5. The second-order valence-electron chi connectivity index (χ2n) is 9.38. The van der Waals surface area contributed by atoms with Crippen molar-refractivity contribution >= 4 is 21.5 Å². The summed E-state index contributed by atoms with van der Waals surface area (Å²) in [6, 6.07) is 30.6. The molecule has 4 aromatic carbocycles. The third kappa shape index (κ3) is 4.21. The molecule has 0 aromatic heterocycles. The van der Waals surface area contributed by atoms with Crippen LogP contribution in [-0.2, 0) is 15.6 Å². The minimum atomic E-state index is -0.0382. The molecule has 1 heteroatoms. The van der Waals surface area contributed by atoms with Gasteiger partial charge in [-0.15, -0.1) is 0 Å². The van der Waals surface area contributed by atoms with E-state index < -0.39 is 0 Å². The molecule has 0 aliphatic heterocycles. The first-order valence-corrected chi connectivity index (χ1v) is 10.4. The Kier molecular flexibility index (Phi) is 5.19. The van der Waals surface area contributed by atoms with E-state index in [0.29, 0.717) is 13.2 Å². The standard InChI is InChI=1S/C28H30O/c1-27(2,25-15-13-21-9-5-7-11-23(21)17-25)19-29-20-28(3,4)26-16-14-22-10-6-8-12-24(22)18-26/h5-18H,19-20H2,1-4H3. The van der Waals surface area contributed by atoms with Crippen LogP contribution >= 0.6 is 0 Å². The Bertz CT molecular complexity index is 1050. The Labute approximate surface area is 174 Å². The maximum atomic E-state index is 6.30. The minimum Gasteiger partial charge on any atom is -0.380 e. The molecule has 0 heterocycles. The zero-order valence-electron chi connectivity index (χ0n) is 17.9. The second-order valence-corrected chi connectivity index (χ2v) is 9.38. The van der Waals surface area contributed by atoms with Gasteiger partial charge >= 0.3 is 0 Å². The summed E-state index contributed by atoms with van der Waals surface area (Å²) in [5.41, 5.74) is 2.56. The zero-order chi connectivity index (χ0) is 20.5. The molecule has 0 atom stereocenters. The molecule has 0 fully saturated rings. The topological polar surface area (TPSA) is 9.23 Å². The van der Waals surface area contributed by atoms with E-state index in [4.69, 9.17) is 4.74 Å². The van der Waals surface area contributed by atoms with Crippen molar-refractivity contribution in [2.45, 2.75) is 38.5 Å². The van der Waals surface area contributed by atoms with Crippen LogP contribution in [0.1, 0.15) is 38.8 Å². The van der Waals surface area contributed by atoms with Gasteiger partial charge in [0.2, 0.25) is 0 Å². The molecule has 4 rings (SSSR count). The molecule has 0 saturated carbocycles. The minimum absolute atomic E-state index is 0.0382. The van der Waals surface area contributed by atoms with Crippen molar-refractivity contribution in [3.63, 3.8) is 0 Å². The molecule has 0 bridgehead atoms. The van der Waals surface area contributed by atoms with Crippen LogP contribution in [0.25, 0.3) is 21.5 Å². The molecule has 0 N–H and O–H groups in total. The fraction of sp³-hybridized carbons (Fsp3) is 0.286. The van der Waals surface area contributed by atoms with E-state index in [1.165, 1.54) is 32.7 Å². The van der Waals surface area contributed by atoms with Crippen molar-refractivity contribution in [2.24, 2.45) is 0 Å². The number of hydrogen-bond donors (Lipinski definition) is 0. The number of ether oxygens (including phenoxy) is 1. The summed E-state index contributed by atoms with van der Waals surface area (Å²) in [7, 11) is 0. The molecular weight excluding hydrogens is 352 g/mol. The van der Waals surface area contributed by atoms with Crippen molar-refractivity contribution in [3.05, 3.63) is 96.1 Å². The molecule has 0 spiro atoms. The predicted molar refractivity (Wildman–Crippen MR) is 125 cm³/mol. The summed E-state index contributed by atoms with van der Waals surface area (Å²) in [5.74, 6) is 0. The van der Waals surface area contributed by atoms with Crippen molar-refractivity contribution in [3.8, 4) is 0 Å². The van der Waals surface area contributed by atoms with Crippen LogP contribution in [0.5, 0.6) is 0 Å². The fourth-order valence-corrected chi connectivity index (χ4v) is 3.95. The molecule has 29 heavy (non-hydrogen) atoms. The normalized spacial score (nSPS) is 12.6. The van der Waals surface area contributed by atoms with Gasteiger partial charge in [-0.3, -0.25) is 0 Å². The van der Waals surface area contributed by atoms with E-state index in [0.717, 1.165) is 0 Å². The summed E-state index contributed by atoms with van der Waals surface area (Å²) in [5, 5.41) is 5.14. The van der Waals surface area contributed by atoms with Crippen molar-refractivity contribution in [1.82, 2.24) is 0 Å². The van der Waals surface area contributed by atoms with Gasteiger partial charge in [0.15, 0.2) is 0 Å². The Morgan fingerprint density at radius 2 is 0.897 bits per heavy atom. The first-order chi connectivity index (χ1) is 13.9. The van der Waals surface area contributed by atoms with Crippen LogP contribution in [0.4, 0.5) is 0 Å². The lowest BCUT2D eigenvalue weighted by Crippen LogP contribution is -2.30. The molecule has 0 amide bonds. The van der Waals surface area contributed by atoms with Gasteiger partial charge in [0.1, 0.15) is 0 Å². The summed E-state index contributed by atoms with van der Waals surface area (Å²) in [6.45, 7) is 10.4. The van der Waals surface area contributed by atoms with Crippen LogP contribution in [-0.4, -0.2) is 13.2 Å². The summed E-state index contributed by atoms with van der Waals surface area (Å²) in [4.78, 5) is 0. The van der Waals surface area contributed by atoms with Gasteiger partial charge in [0, 0.05) is 10.8 Å². The molecule has 148 valence electrons. The Balaban J connectivity index is 1.46. The number of fused-ring (bicyclic) bond motifs is 2. The van der Waals surface area contributed by atoms with Crippen molar-refractivity contribution in [2.75, 3.05) is 13.2 Å². The highest BCUT2D eigenvalue weighted by Crippen LogP contribution is 2.30. The molecule has 0 aliphatic rings. The van der Waals surface area contributed by atoms with Crippen LogP contribution < -0.4 is 0 Å². The van der Waals surface area contributed by atoms with Gasteiger partial charge in [-0.25, -0.2) is 0 Å². The third-order valence-electron chi connectivity index (χ3n) is 5.99. The van der Waals surface area contributed by atoms with E-state index in [2.05, 4.69) is 113 Å². The highest BCUT2D eigenvalue weighted by molar-refractivity contribution is 5.84. The number of benzene rings is 4. The van der Waals surface area contributed by atoms with Gasteiger partial charge in [-0.2, -0.15) is 0 Å². The van der Waals surface area contributed by atoms with E-state index in [1.54, 1.807) is 0 Å². The predicted octanol–water partition coefficient (Wildman–Crippen LogP) is 7.27. The van der Waals surface area contributed by atoms with E-state index in [-0.39, 0.29) is 10.8 Å². The van der Waals surface area contributed by atoms with Crippen LogP contribution in [0.15, 0.2) is 84.9 Å². The Morgan fingerprint density at radius 1 is 0.517 bits per heavy atom. The lowest BCUT2D eigenvalue weighted by atomic mass is 9.83. The third-order valence-corrected chi connectivity index (χ3v) is 5.99. The van der Waals surface area contributed by atoms with Crippen LogP contribution in [0.2, 0.25) is 0 Å². The molecular formula is C28H30O. The summed E-state index contributed by atoms with van der Waals surface area (Å²) >= 11 is 0. The Hall–Kier alpha value is -2.64. The first-order valence-electron chi connectivity index (χ1n) is 10.4. The molecule has 1 nitrogen and oxygen atoms in total. The largest absolute Gasteiger partial charge is 0.380 e. The molecule has 4 aromatic rings. The molecule has 0 aliphatic carbocycles. The van der Waals surface area contributed by atoms with E-state index in [1.807, 2.05) is 0 Å². The highest BCUT2D eigenvalue weighted by Gasteiger charge is 2.25. The van der Waals surface area contributed by atoms with Crippen LogP contribution in [0.3, 0.4) is 0 Å². The van der Waals surface area contributed by atoms with Gasteiger partial charge in [-0.1, -0.05) is 113 Å².